The summed E-state index contributed by atoms with van der Waals surface area (Å²) in [5.41, 5.74) is -0.185. The maximum Gasteiger partial charge on any atom is 0.416 e. The summed E-state index contributed by atoms with van der Waals surface area (Å²) in [6, 6.07) is 5.13. The van der Waals surface area contributed by atoms with E-state index in [-0.39, 0.29) is 18.4 Å². The molecule has 0 spiro atoms. The summed E-state index contributed by atoms with van der Waals surface area (Å²) in [5.74, 6) is 1.23. The first-order valence-corrected chi connectivity index (χ1v) is 7.37. The molecule has 0 aromatic heterocycles. The Morgan fingerprint density at radius 2 is 2.05 bits per heavy atom. The summed E-state index contributed by atoms with van der Waals surface area (Å²) in [5, 5.41) is 2.80. The average Bonchev–Trinajstić information content (AvgIpc) is 3.07. The lowest BCUT2D eigenvalue weighted by Gasteiger charge is -2.20. The van der Waals surface area contributed by atoms with Gasteiger partial charge < -0.3 is 5.32 Å². The number of alkyl halides is 3. The standard InChI is InChI=1S/C16H18F3NO/c17-16(18,19)13-3-1-2-11(7-13)9-20-15(21)14-8-10-4-5-12(14)6-10/h1-3,7,10,12,14H,4-6,8-9H2,(H,20,21). The molecule has 0 radical (unpaired) electrons. The van der Waals surface area contributed by atoms with Gasteiger partial charge in [0.05, 0.1) is 5.56 Å². The summed E-state index contributed by atoms with van der Waals surface area (Å²) >= 11 is 0. The van der Waals surface area contributed by atoms with E-state index in [1.807, 2.05) is 0 Å². The third-order valence-corrected chi connectivity index (χ3v) is 4.80. The highest BCUT2D eigenvalue weighted by molar-refractivity contribution is 5.79. The molecule has 1 aromatic rings. The molecule has 21 heavy (non-hydrogen) atoms. The lowest BCUT2D eigenvalue weighted by Crippen LogP contribution is -2.33. The summed E-state index contributed by atoms with van der Waals surface area (Å²) < 4.78 is 37.9. The van der Waals surface area contributed by atoms with Crippen LogP contribution in [0.4, 0.5) is 13.2 Å². The van der Waals surface area contributed by atoms with Crippen LogP contribution in [0.25, 0.3) is 0 Å². The van der Waals surface area contributed by atoms with Crippen LogP contribution in [-0.2, 0) is 17.5 Å². The predicted octanol–water partition coefficient (Wildman–Crippen LogP) is 3.76. The van der Waals surface area contributed by atoms with E-state index in [4.69, 9.17) is 0 Å². The zero-order valence-corrected chi connectivity index (χ0v) is 11.6. The molecule has 3 unspecified atom stereocenters. The zero-order valence-electron chi connectivity index (χ0n) is 11.6. The Morgan fingerprint density at radius 3 is 2.67 bits per heavy atom. The quantitative estimate of drug-likeness (QED) is 0.904. The van der Waals surface area contributed by atoms with E-state index >= 15 is 0 Å². The van der Waals surface area contributed by atoms with Crippen LogP contribution < -0.4 is 5.32 Å². The van der Waals surface area contributed by atoms with Crippen LogP contribution in [0, 0.1) is 17.8 Å². The Balaban J connectivity index is 1.59. The Labute approximate surface area is 121 Å². The Bertz CT molecular complexity index is 541. The molecule has 2 nitrogen and oxygen atoms in total. The molecule has 5 heteroatoms. The molecule has 2 bridgehead atoms. The van der Waals surface area contributed by atoms with Gasteiger partial charge in [-0.2, -0.15) is 13.2 Å². The van der Waals surface area contributed by atoms with Crippen LogP contribution in [0.15, 0.2) is 24.3 Å². The van der Waals surface area contributed by atoms with Crippen molar-refractivity contribution in [3.05, 3.63) is 35.4 Å². The summed E-state index contributed by atoms with van der Waals surface area (Å²) in [6.07, 6.45) is 0.0831. The van der Waals surface area contributed by atoms with Crippen LogP contribution in [0.3, 0.4) is 0 Å². The van der Waals surface area contributed by atoms with Gasteiger partial charge in [0.2, 0.25) is 5.91 Å². The fraction of sp³-hybridized carbons (Fsp3) is 0.562. The summed E-state index contributed by atoms with van der Waals surface area (Å²) in [4.78, 5) is 12.2. The Morgan fingerprint density at radius 1 is 1.24 bits per heavy atom. The van der Waals surface area contributed by atoms with E-state index in [0.717, 1.165) is 31.4 Å². The first-order chi connectivity index (χ1) is 9.93. The fourth-order valence-corrected chi connectivity index (χ4v) is 3.74. The fourth-order valence-electron chi connectivity index (χ4n) is 3.74. The minimum atomic E-state index is -4.34. The number of hydrogen-bond acceptors (Lipinski definition) is 1. The number of carbonyl (C=O) groups excluding carboxylic acids is 1. The van der Waals surface area contributed by atoms with Gasteiger partial charge in [-0.15, -0.1) is 0 Å². The van der Waals surface area contributed by atoms with Gasteiger partial charge in [0.25, 0.3) is 0 Å². The van der Waals surface area contributed by atoms with Gasteiger partial charge in [0.15, 0.2) is 0 Å². The van der Waals surface area contributed by atoms with Crippen LogP contribution in [0.1, 0.15) is 36.8 Å². The lowest BCUT2D eigenvalue weighted by atomic mass is 9.88. The highest BCUT2D eigenvalue weighted by Gasteiger charge is 2.42. The number of carbonyl (C=O) groups is 1. The van der Waals surface area contributed by atoms with Gasteiger partial charge >= 0.3 is 6.18 Å². The Kier molecular flexibility index (Phi) is 3.68. The van der Waals surface area contributed by atoms with Crippen molar-refractivity contribution < 1.29 is 18.0 Å². The Hall–Kier alpha value is -1.52. The van der Waals surface area contributed by atoms with Crippen molar-refractivity contribution in [2.24, 2.45) is 17.8 Å². The molecule has 0 heterocycles. The van der Waals surface area contributed by atoms with Crippen LogP contribution in [0.2, 0.25) is 0 Å². The molecule has 2 fully saturated rings. The molecule has 2 aliphatic rings. The number of halogens is 3. The van der Waals surface area contributed by atoms with Crippen molar-refractivity contribution in [3.63, 3.8) is 0 Å². The van der Waals surface area contributed by atoms with Crippen molar-refractivity contribution >= 4 is 5.91 Å². The highest BCUT2D eigenvalue weighted by atomic mass is 19.4. The minimum Gasteiger partial charge on any atom is -0.352 e. The van der Waals surface area contributed by atoms with E-state index in [1.54, 1.807) is 6.07 Å². The second-order valence-electron chi connectivity index (χ2n) is 6.20. The molecular formula is C16H18F3NO. The molecule has 1 amide bonds. The van der Waals surface area contributed by atoms with Crippen molar-refractivity contribution in [3.8, 4) is 0 Å². The van der Waals surface area contributed by atoms with Gasteiger partial charge in [-0.05, 0) is 48.8 Å². The topological polar surface area (TPSA) is 29.1 Å². The van der Waals surface area contributed by atoms with Crippen LogP contribution in [-0.4, -0.2) is 5.91 Å². The van der Waals surface area contributed by atoms with Crippen molar-refractivity contribution in [1.82, 2.24) is 5.32 Å². The number of amides is 1. The molecule has 3 atom stereocenters. The molecule has 1 N–H and O–H groups in total. The maximum absolute atomic E-state index is 12.6. The van der Waals surface area contributed by atoms with Gasteiger partial charge in [-0.1, -0.05) is 18.6 Å². The first-order valence-electron chi connectivity index (χ1n) is 7.37. The number of rotatable bonds is 3. The maximum atomic E-state index is 12.6. The van der Waals surface area contributed by atoms with E-state index in [1.165, 1.54) is 12.5 Å². The van der Waals surface area contributed by atoms with E-state index in [2.05, 4.69) is 5.32 Å². The smallest absolute Gasteiger partial charge is 0.352 e. The van der Waals surface area contributed by atoms with Crippen LogP contribution in [0.5, 0.6) is 0 Å². The van der Waals surface area contributed by atoms with Gasteiger partial charge in [-0.3, -0.25) is 4.79 Å². The van der Waals surface area contributed by atoms with Crippen molar-refractivity contribution in [2.75, 3.05) is 0 Å². The average molecular weight is 297 g/mol. The summed E-state index contributed by atoms with van der Waals surface area (Å²) in [6.45, 7) is 0.163. The minimum absolute atomic E-state index is 0.000360. The number of benzene rings is 1. The molecule has 0 aliphatic heterocycles. The predicted molar refractivity (Wildman–Crippen MR) is 72.2 cm³/mol. The molecule has 0 saturated heterocycles. The number of nitrogens with one attached hydrogen (secondary N) is 1. The van der Waals surface area contributed by atoms with Crippen molar-refractivity contribution in [1.29, 1.82) is 0 Å². The van der Waals surface area contributed by atoms with E-state index < -0.39 is 11.7 Å². The zero-order chi connectivity index (χ0) is 15.0. The second kappa shape index (κ2) is 5.35. The third kappa shape index (κ3) is 3.06. The first kappa shape index (κ1) is 14.4. The molecule has 2 aliphatic carbocycles. The highest BCUT2D eigenvalue weighted by Crippen LogP contribution is 2.48. The largest absolute Gasteiger partial charge is 0.416 e. The van der Waals surface area contributed by atoms with E-state index in [9.17, 15) is 18.0 Å². The second-order valence-corrected chi connectivity index (χ2v) is 6.20. The van der Waals surface area contributed by atoms with E-state index in [0.29, 0.717) is 17.4 Å². The molecule has 114 valence electrons. The lowest BCUT2D eigenvalue weighted by molar-refractivity contribution is -0.137. The molecule has 2 saturated carbocycles. The third-order valence-electron chi connectivity index (χ3n) is 4.80. The molecule has 1 aromatic carbocycles. The molecular weight excluding hydrogens is 279 g/mol. The normalized spacial score (nSPS) is 27.9. The molecule has 3 rings (SSSR count). The van der Waals surface area contributed by atoms with Crippen molar-refractivity contribution in [2.45, 2.75) is 38.4 Å². The number of hydrogen-bond donors (Lipinski definition) is 1. The summed E-state index contributed by atoms with van der Waals surface area (Å²) in [7, 11) is 0. The monoisotopic (exact) mass is 297 g/mol. The number of fused-ring (bicyclic) bond motifs is 2. The SMILES string of the molecule is O=C(NCc1cccc(C(F)(F)F)c1)C1CC2CCC1C2. The van der Waals surface area contributed by atoms with Crippen LogP contribution >= 0.6 is 0 Å². The van der Waals surface area contributed by atoms with Gasteiger partial charge in [0.1, 0.15) is 0 Å². The van der Waals surface area contributed by atoms with Gasteiger partial charge in [-0.25, -0.2) is 0 Å². The van der Waals surface area contributed by atoms with Gasteiger partial charge in [0, 0.05) is 12.5 Å².